The van der Waals surface area contributed by atoms with Crippen molar-refractivity contribution in [2.45, 2.75) is 43.2 Å². The van der Waals surface area contributed by atoms with E-state index in [1.807, 2.05) is 43.3 Å². The van der Waals surface area contributed by atoms with Gasteiger partial charge < -0.3 is 20.5 Å². The number of rotatable bonds is 3. The number of fused-ring (bicyclic) bond motifs is 4. The van der Waals surface area contributed by atoms with Crippen LogP contribution in [-0.4, -0.2) is 67.9 Å². The van der Waals surface area contributed by atoms with E-state index in [0.29, 0.717) is 24.2 Å². The van der Waals surface area contributed by atoms with Crippen LogP contribution >= 0.6 is 0 Å². The molecule has 3 aromatic carbocycles. The van der Waals surface area contributed by atoms with E-state index in [4.69, 9.17) is 14.6 Å². The highest BCUT2D eigenvalue weighted by Crippen LogP contribution is 2.33. The van der Waals surface area contributed by atoms with Crippen LogP contribution in [0.1, 0.15) is 35.2 Å². The molecular formula is C30H33N3O7S. The van der Waals surface area contributed by atoms with Gasteiger partial charge in [0.25, 0.3) is 12.4 Å². The molecule has 1 saturated heterocycles. The number of carboxylic acid groups (broad SMARTS) is 1. The second-order valence-corrected chi connectivity index (χ2v) is 11.7. The normalized spacial score (nSPS) is 19.7. The highest BCUT2D eigenvalue weighted by atomic mass is 32.2. The first-order chi connectivity index (χ1) is 19.7. The summed E-state index contributed by atoms with van der Waals surface area (Å²) in [6, 6.07) is 20.8. The number of hydrogen-bond acceptors (Lipinski definition) is 6. The molecule has 216 valence electrons. The highest BCUT2D eigenvalue weighted by molar-refractivity contribution is 7.89. The van der Waals surface area contributed by atoms with Gasteiger partial charge >= 0.3 is 0 Å². The minimum Gasteiger partial charge on any atom is -0.491 e. The second-order valence-electron chi connectivity index (χ2n) is 9.81. The lowest BCUT2D eigenvalue weighted by atomic mass is 10.1. The summed E-state index contributed by atoms with van der Waals surface area (Å²) in [6.45, 7) is 2.29. The minimum absolute atomic E-state index is 0.0402. The Bertz CT molecular complexity index is 1480. The van der Waals surface area contributed by atoms with Crippen LogP contribution in [0, 0.1) is 6.92 Å². The SMILES string of the molecule is Cc1ccc2cc1OCCNC(=O)C[C@@H]1CC[C@H](CNC2=O)N1S(=O)(=O)c1ccc(-c2ccccc2)cc1.O=CO. The number of carbonyl (C=O) groups is 3. The number of amides is 2. The molecule has 2 heterocycles. The van der Waals surface area contributed by atoms with E-state index in [-0.39, 0.29) is 49.3 Å². The molecule has 11 heteroatoms. The minimum atomic E-state index is -3.93. The Morgan fingerprint density at radius 1 is 0.902 bits per heavy atom. The third-order valence-corrected chi connectivity index (χ3v) is 9.16. The molecule has 2 amide bonds. The number of hydrogen-bond donors (Lipinski definition) is 3. The van der Waals surface area contributed by atoms with E-state index in [2.05, 4.69) is 10.6 Å². The van der Waals surface area contributed by atoms with Crippen molar-refractivity contribution in [2.24, 2.45) is 0 Å². The van der Waals surface area contributed by atoms with E-state index in [1.165, 1.54) is 4.31 Å². The maximum Gasteiger partial charge on any atom is 0.290 e. The van der Waals surface area contributed by atoms with Gasteiger partial charge in [0.2, 0.25) is 15.9 Å². The Morgan fingerprint density at radius 2 is 1.54 bits per heavy atom. The predicted molar refractivity (Wildman–Crippen MR) is 153 cm³/mol. The van der Waals surface area contributed by atoms with Crippen LogP contribution in [0.3, 0.4) is 0 Å². The van der Waals surface area contributed by atoms with Crippen LogP contribution in [0.15, 0.2) is 77.7 Å². The monoisotopic (exact) mass is 579 g/mol. The van der Waals surface area contributed by atoms with Crippen molar-refractivity contribution in [2.75, 3.05) is 19.7 Å². The molecule has 2 atom stereocenters. The zero-order valence-electron chi connectivity index (χ0n) is 22.7. The molecule has 1 fully saturated rings. The average molecular weight is 580 g/mol. The molecule has 0 aliphatic carbocycles. The molecule has 0 aromatic heterocycles. The molecular weight excluding hydrogens is 546 g/mol. The average Bonchev–Trinajstić information content (AvgIpc) is 3.38. The summed E-state index contributed by atoms with van der Waals surface area (Å²) in [7, 11) is -3.93. The van der Waals surface area contributed by atoms with Crippen LogP contribution in [0.4, 0.5) is 0 Å². The van der Waals surface area contributed by atoms with Gasteiger partial charge in [0, 0.05) is 30.6 Å². The Balaban J connectivity index is 0.00000124. The van der Waals surface area contributed by atoms with Gasteiger partial charge in [-0.2, -0.15) is 4.31 Å². The van der Waals surface area contributed by atoms with Gasteiger partial charge in [-0.05, 0) is 60.7 Å². The molecule has 3 N–H and O–H groups in total. The summed E-state index contributed by atoms with van der Waals surface area (Å²) in [5.41, 5.74) is 3.22. The van der Waals surface area contributed by atoms with E-state index in [9.17, 15) is 18.0 Å². The second kappa shape index (κ2) is 13.4. The van der Waals surface area contributed by atoms with Gasteiger partial charge in [0.1, 0.15) is 12.4 Å². The van der Waals surface area contributed by atoms with Gasteiger partial charge in [-0.3, -0.25) is 14.4 Å². The molecule has 0 saturated carbocycles. The van der Waals surface area contributed by atoms with E-state index < -0.39 is 22.1 Å². The number of nitrogens with zero attached hydrogens (tertiary/aromatic N) is 1. The topological polar surface area (TPSA) is 142 Å². The van der Waals surface area contributed by atoms with Crippen LogP contribution in [0.25, 0.3) is 11.1 Å². The van der Waals surface area contributed by atoms with Crippen LogP contribution in [0.2, 0.25) is 0 Å². The summed E-state index contributed by atoms with van der Waals surface area (Å²) < 4.78 is 35.1. The number of sulfonamides is 1. The molecule has 3 aromatic rings. The molecule has 2 aliphatic heterocycles. The fraction of sp³-hybridized carbons (Fsp3) is 0.300. The van der Waals surface area contributed by atoms with Crippen molar-refractivity contribution in [3.63, 3.8) is 0 Å². The number of aryl methyl sites for hydroxylation is 1. The van der Waals surface area contributed by atoms with Crippen molar-refractivity contribution in [1.29, 1.82) is 0 Å². The van der Waals surface area contributed by atoms with Crippen molar-refractivity contribution in [1.82, 2.24) is 14.9 Å². The van der Waals surface area contributed by atoms with E-state index in [0.717, 1.165) is 16.7 Å². The van der Waals surface area contributed by atoms with Crippen molar-refractivity contribution in [3.05, 3.63) is 83.9 Å². The van der Waals surface area contributed by atoms with Crippen LogP contribution in [0.5, 0.6) is 5.75 Å². The van der Waals surface area contributed by atoms with Crippen molar-refractivity contribution >= 4 is 28.3 Å². The highest BCUT2D eigenvalue weighted by Gasteiger charge is 2.43. The third kappa shape index (κ3) is 7.11. The summed E-state index contributed by atoms with van der Waals surface area (Å²) in [6.07, 6.45) is 1.11. The Labute approximate surface area is 239 Å². The van der Waals surface area contributed by atoms with Gasteiger partial charge in [0.05, 0.1) is 11.4 Å². The summed E-state index contributed by atoms with van der Waals surface area (Å²) in [4.78, 5) is 34.2. The van der Waals surface area contributed by atoms with Crippen molar-refractivity contribution in [3.8, 4) is 16.9 Å². The molecule has 4 bridgehead atoms. The van der Waals surface area contributed by atoms with Crippen LogP contribution in [-0.2, 0) is 19.6 Å². The number of nitrogens with one attached hydrogen (secondary N) is 2. The van der Waals surface area contributed by atoms with Gasteiger partial charge in [-0.15, -0.1) is 0 Å². The lowest BCUT2D eigenvalue weighted by Gasteiger charge is -2.29. The molecule has 0 radical (unpaired) electrons. The zero-order valence-corrected chi connectivity index (χ0v) is 23.5. The van der Waals surface area contributed by atoms with Crippen molar-refractivity contribution < 1.29 is 32.6 Å². The Morgan fingerprint density at radius 3 is 2.24 bits per heavy atom. The number of ether oxygens (including phenoxy) is 1. The molecule has 0 unspecified atom stereocenters. The maximum absolute atomic E-state index is 13.9. The lowest BCUT2D eigenvalue weighted by Crippen LogP contribution is -2.47. The molecule has 10 nitrogen and oxygen atoms in total. The van der Waals surface area contributed by atoms with Crippen LogP contribution < -0.4 is 15.4 Å². The number of carbonyl (C=O) groups excluding carboxylic acids is 2. The maximum atomic E-state index is 13.9. The summed E-state index contributed by atoms with van der Waals surface area (Å²) in [5, 5.41) is 12.6. The van der Waals surface area contributed by atoms with E-state index >= 15 is 0 Å². The zero-order chi connectivity index (χ0) is 29.4. The summed E-state index contributed by atoms with van der Waals surface area (Å²) >= 11 is 0. The summed E-state index contributed by atoms with van der Waals surface area (Å²) in [5.74, 6) is 0.0432. The number of benzene rings is 3. The van der Waals surface area contributed by atoms with Gasteiger partial charge in [0.15, 0.2) is 0 Å². The predicted octanol–water partition coefficient (Wildman–Crippen LogP) is 3.21. The smallest absolute Gasteiger partial charge is 0.290 e. The molecule has 5 rings (SSSR count). The van der Waals surface area contributed by atoms with E-state index in [1.54, 1.807) is 36.4 Å². The lowest BCUT2D eigenvalue weighted by molar-refractivity contribution is -0.123. The van der Waals surface area contributed by atoms with Gasteiger partial charge in [-0.25, -0.2) is 8.42 Å². The Hall–Kier alpha value is -4.22. The fourth-order valence-corrected chi connectivity index (χ4v) is 7.00. The standard InChI is InChI=1S/C29H31N3O5S.CH2O2/c1-20-7-8-23-17-27(20)37-16-15-30-28(33)18-24-11-12-25(19-31-29(23)34)32(24)38(35,36)26-13-9-22(10-14-26)21-5-3-2-4-6-21;2-1-3/h2-10,13-14,17,24-25H,11-12,15-16,18-19H2,1H3,(H,30,33)(H,31,34);1H,(H,2,3)/t24-,25+;/m0./s1. The molecule has 2 aliphatic rings. The fourth-order valence-electron chi connectivity index (χ4n) is 5.13. The first-order valence-electron chi connectivity index (χ1n) is 13.3. The quantitative estimate of drug-likeness (QED) is 0.405. The molecule has 41 heavy (non-hydrogen) atoms. The Kier molecular flexibility index (Phi) is 9.74. The third-order valence-electron chi connectivity index (χ3n) is 7.14. The first kappa shape index (κ1) is 29.8. The first-order valence-corrected chi connectivity index (χ1v) is 14.7. The largest absolute Gasteiger partial charge is 0.491 e. The molecule has 0 spiro atoms. The van der Waals surface area contributed by atoms with Gasteiger partial charge in [-0.1, -0.05) is 48.5 Å².